The number of nitrogens with one attached hydrogen (secondary N) is 1. The summed E-state index contributed by atoms with van der Waals surface area (Å²) in [7, 11) is 0. The van der Waals surface area contributed by atoms with Crippen molar-refractivity contribution >= 4 is 11.5 Å². The highest BCUT2D eigenvalue weighted by Gasteiger charge is 2.07. The first-order chi connectivity index (χ1) is 9.06. The van der Waals surface area contributed by atoms with Gasteiger partial charge in [-0.25, -0.2) is 0 Å². The normalized spacial score (nSPS) is 9.89. The molecule has 0 atom stereocenters. The molecule has 0 aliphatic heterocycles. The fourth-order valence-electron chi connectivity index (χ4n) is 1.50. The van der Waals surface area contributed by atoms with Gasteiger partial charge in [0.15, 0.2) is 0 Å². The van der Waals surface area contributed by atoms with E-state index in [1.54, 1.807) is 36.4 Å². The number of hydrogen-bond acceptors (Lipinski definition) is 4. The number of nitrogens with two attached hydrogens (primary N) is 1. The van der Waals surface area contributed by atoms with Gasteiger partial charge in [-0.05, 0) is 30.3 Å². The Balaban J connectivity index is 2.19. The minimum atomic E-state index is -0.480. The summed E-state index contributed by atoms with van der Waals surface area (Å²) in [6, 6.07) is 12.5. The van der Waals surface area contributed by atoms with Crippen molar-refractivity contribution in [2.24, 2.45) is 5.73 Å². The number of rotatable bonds is 4. The van der Waals surface area contributed by atoms with Crippen molar-refractivity contribution in [2.75, 3.05) is 0 Å². The van der Waals surface area contributed by atoms with E-state index in [2.05, 4.69) is 0 Å². The van der Waals surface area contributed by atoms with Gasteiger partial charge in [0.1, 0.15) is 17.3 Å². The minimum absolute atomic E-state index is 0.0260. The van der Waals surface area contributed by atoms with Gasteiger partial charge < -0.3 is 10.5 Å². The van der Waals surface area contributed by atoms with Gasteiger partial charge in [0.25, 0.3) is 5.69 Å². The topological polar surface area (TPSA) is 102 Å². The number of nitro groups is 1. The highest BCUT2D eigenvalue weighted by Crippen LogP contribution is 2.25. The van der Waals surface area contributed by atoms with E-state index < -0.39 is 4.92 Å². The SMILES string of the molecule is N=C(N)c1ccc(Oc2cccc([N+](=O)[O-])c2)cc1. The van der Waals surface area contributed by atoms with Crippen LogP contribution in [0.2, 0.25) is 0 Å². The second-order valence-electron chi connectivity index (χ2n) is 3.79. The lowest BCUT2D eigenvalue weighted by molar-refractivity contribution is -0.384. The average molecular weight is 257 g/mol. The number of nitrogen functional groups attached to an aromatic ring is 1. The molecule has 0 aliphatic rings. The molecule has 0 aromatic heterocycles. The zero-order chi connectivity index (χ0) is 13.8. The zero-order valence-corrected chi connectivity index (χ0v) is 9.87. The van der Waals surface area contributed by atoms with Gasteiger partial charge in [0.2, 0.25) is 0 Å². The molecule has 96 valence electrons. The molecule has 0 saturated heterocycles. The molecule has 0 bridgehead atoms. The van der Waals surface area contributed by atoms with Gasteiger partial charge in [0.05, 0.1) is 11.0 Å². The maximum absolute atomic E-state index is 10.6. The quantitative estimate of drug-likeness (QED) is 0.380. The second-order valence-corrected chi connectivity index (χ2v) is 3.79. The van der Waals surface area contributed by atoms with E-state index in [1.807, 2.05) is 0 Å². The van der Waals surface area contributed by atoms with Crippen LogP contribution in [-0.2, 0) is 0 Å². The number of nitro benzene ring substituents is 1. The summed E-state index contributed by atoms with van der Waals surface area (Å²) in [6.07, 6.45) is 0. The molecule has 3 N–H and O–H groups in total. The van der Waals surface area contributed by atoms with Gasteiger partial charge in [-0.15, -0.1) is 0 Å². The number of ether oxygens (including phenoxy) is 1. The molecule has 2 aromatic rings. The lowest BCUT2D eigenvalue weighted by Gasteiger charge is -2.06. The molecule has 0 unspecified atom stereocenters. The Bertz CT molecular complexity index is 623. The van der Waals surface area contributed by atoms with Gasteiger partial charge in [-0.3, -0.25) is 15.5 Å². The molecule has 19 heavy (non-hydrogen) atoms. The highest BCUT2D eigenvalue weighted by molar-refractivity contribution is 5.94. The van der Waals surface area contributed by atoms with Crippen LogP contribution in [0.25, 0.3) is 0 Å². The van der Waals surface area contributed by atoms with Crippen molar-refractivity contribution in [1.29, 1.82) is 5.41 Å². The van der Waals surface area contributed by atoms with E-state index in [1.165, 1.54) is 12.1 Å². The summed E-state index contributed by atoms with van der Waals surface area (Å²) in [5.41, 5.74) is 5.90. The molecule has 0 heterocycles. The number of hydrogen-bond donors (Lipinski definition) is 2. The third-order valence-corrected chi connectivity index (χ3v) is 2.43. The van der Waals surface area contributed by atoms with Crippen molar-refractivity contribution in [3.8, 4) is 11.5 Å². The third kappa shape index (κ3) is 3.06. The maximum atomic E-state index is 10.6. The first-order valence-electron chi connectivity index (χ1n) is 5.43. The van der Waals surface area contributed by atoms with Crippen LogP contribution in [-0.4, -0.2) is 10.8 Å². The molecule has 0 amide bonds. The summed E-state index contributed by atoms with van der Waals surface area (Å²) in [4.78, 5) is 10.2. The maximum Gasteiger partial charge on any atom is 0.273 e. The molecule has 0 radical (unpaired) electrons. The van der Waals surface area contributed by atoms with E-state index in [0.29, 0.717) is 17.1 Å². The third-order valence-electron chi connectivity index (χ3n) is 2.43. The second kappa shape index (κ2) is 5.18. The Kier molecular flexibility index (Phi) is 3.42. The van der Waals surface area contributed by atoms with Crippen molar-refractivity contribution in [2.45, 2.75) is 0 Å². The van der Waals surface area contributed by atoms with Crippen LogP contribution in [0.15, 0.2) is 48.5 Å². The molecule has 6 nitrogen and oxygen atoms in total. The van der Waals surface area contributed by atoms with Crippen LogP contribution in [0.3, 0.4) is 0 Å². The average Bonchev–Trinajstić information content (AvgIpc) is 2.39. The van der Waals surface area contributed by atoms with E-state index >= 15 is 0 Å². The number of amidine groups is 1. The van der Waals surface area contributed by atoms with E-state index in [9.17, 15) is 10.1 Å². The molecule has 2 aromatic carbocycles. The van der Waals surface area contributed by atoms with Crippen LogP contribution in [0.4, 0.5) is 5.69 Å². The van der Waals surface area contributed by atoms with Crippen LogP contribution in [0, 0.1) is 15.5 Å². The number of non-ortho nitro benzene ring substituents is 1. The lowest BCUT2D eigenvalue weighted by atomic mass is 10.2. The fraction of sp³-hybridized carbons (Fsp3) is 0. The monoisotopic (exact) mass is 257 g/mol. The van der Waals surface area contributed by atoms with Crippen molar-refractivity contribution in [3.63, 3.8) is 0 Å². The Hall–Kier alpha value is -2.89. The number of benzene rings is 2. The first kappa shape index (κ1) is 12.6. The molecule has 0 aliphatic carbocycles. The number of nitrogens with zero attached hydrogens (tertiary/aromatic N) is 1. The molecule has 0 fully saturated rings. The largest absolute Gasteiger partial charge is 0.457 e. The van der Waals surface area contributed by atoms with E-state index in [0.717, 1.165) is 0 Å². The first-order valence-corrected chi connectivity index (χ1v) is 5.43. The molecule has 2 rings (SSSR count). The van der Waals surface area contributed by atoms with Gasteiger partial charge in [-0.1, -0.05) is 6.07 Å². The van der Waals surface area contributed by atoms with Crippen LogP contribution in [0.5, 0.6) is 11.5 Å². The Morgan fingerprint density at radius 3 is 2.42 bits per heavy atom. The fourth-order valence-corrected chi connectivity index (χ4v) is 1.50. The summed E-state index contributed by atoms with van der Waals surface area (Å²) in [5, 5.41) is 17.9. The molecular formula is C13H11N3O3. The molecular weight excluding hydrogens is 246 g/mol. The molecule has 0 saturated carbocycles. The smallest absolute Gasteiger partial charge is 0.273 e. The lowest BCUT2D eigenvalue weighted by Crippen LogP contribution is -2.10. The van der Waals surface area contributed by atoms with Crippen LogP contribution >= 0.6 is 0 Å². The molecule has 6 heteroatoms. The highest BCUT2D eigenvalue weighted by atomic mass is 16.6. The predicted molar refractivity (Wildman–Crippen MR) is 70.6 cm³/mol. The summed E-state index contributed by atoms with van der Waals surface area (Å²) < 4.78 is 5.49. The predicted octanol–water partition coefficient (Wildman–Crippen LogP) is 2.67. The van der Waals surface area contributed by atoms with Crippen molar-refractivity contribution in [1.82, 2.24) is 0 Å². The minimum Gasteiger partial charge on any atom is -0.457 e. The van der Waals surface area contributed by atoms with E-state index in [-0.39, 0.29) is 11.5 Å². The Labute approximate surface area is 109 Å². The summed E-state index contributed by atoms with van der Waals surface area (Å²) in [6.45, 7) is 0. The van der Waals surface area contributed by atoms with Crippen molar-refractivity contribution in [3.05, 3.63) is 64.2 Å². The van der Waals surface area contributed by atoms with Gasteiger partial charge in [-0.2, -0.15) is 0 Å². The Morgan fingerprint density at radius 1 is 1.16 bits per heavy atom. The van der Waals surface area contributed by atoms with Crippen LogP contribution < -0.4 is 10.5 Å². The van der Waals surface area contributed by atoms with Crippen molar-refractivity contribution < 1.29 is 9.66 Å². The standard InChI is InChI=1S/C13H11N3O3/c14-13(15)9-4-6-11(7-5-9)19-12-3-1-2-10(8-12)16(17)18/h1-8H,(H3,14,15). The Morgan fingerprint density at radius 2 is 1.84 bits per heavy atom. The molecule has 0 spiro atoms. The van der Waals surface area contributed by atoms with E-state index in [4.69, 9.17) is 15.9 Å². The van der Waals surface area contributed by atoms with Gasteiger partial charge >= 0.3 is 0 Å². The summed E-state index contributed by atoms with van der Waals surface area (Å²) in [5.74, 6) is 0.872. The van der Waals surface area contributed by atoms with Crippen LogP contribution in [0.1, 0.15) is 5.56 Å². The summed E-state index contributed by atoms with van der Waals surface area (Å²) >= 11 is 0. The van der Waals surface area contributed by atoms with Gasteiger partial charge in [0, 0.05) is 11.6 Å². The zero-order valence-electron chi connectivity index (χ0n) is 9.87.